The Morgan fingerprint density at radius 2 is 1.69 bits per heavy atom. The number of benzene rings is 4. The molecule has 5 heteroatoms. The molecule has 0 bridgehead atoms. The van der Waals surface area contributed by atoms with Gasteiger partial charge in [0, 0.05) is 21.3 Å². The van der Waals surface area contributed by atoms with Gasteiger partial charge in [0.1, 0.15) is 5.52 Å². The van der Waals surface area contributed by atoms with Crippen LogP contribution in [0.1, 0.15) is 35.7 Å². The summed E-state index contributed by atoms with van der Waals surface area (Å²) in [6.07, 6.45) is 0. The summed E-state index contributed by atoms with van der Waals surface area (Å²) in [5.41, 5.74) is 4.80. The highest BCUT2D eigenvalue weighted by atomic mass is 79.9. The summed E-state index contributed by atoms with van der Waals surface area (Å²) in [6.45, 7) is 4.26. The monoisotopic (exact) mass is 484 g/mol. The maximum atomic E-state index is 12.7. The van der Waals surface area contributed by atoms with Crippen LogP contribution in [0.4, 0.5) is 5.69 Å². The SMILES string of the molecule is CC(C)c1ccc(C(=O)Nc2ccc3oc(-c4cccc5c(Br)cccc45)nc3c2)cc1. The Hall–Kier alpha value is -3.44. The third kappa shape index (κ3) is 3.80. The number of nitrogens with one attached hydrogen (secondary N) is 1. The summed E-state index contributed by atoms with van der Waals surface area (Å²) in [7, 11) is 0. The van der Waals surface area contributed by atoms with Gasteiger partial charge in [0.05, 0.1) is 0 Å². The van der Waals surface area contributed by atoms with Gasteiger partial charge in [0.2, 0.25) is 5.89 Å². The average molecular weight is 485 g/mol. The van der Waals surface area contributed by atoms with Gasteiger partial charge in [-0.3, -0.25) is 4.79 Å². The fourth-order valence-corrected chi connectivity index (χ4v) is 4.30. The average Bonchev–Trinajstić information content (AvgIpc) is 3.22. The Bertz CT molecular complexity index is 1450. The second-order valence-corrected chi connectivity index (χ2v) is 8.93. The fraction of sp³-hybridized carbons (Fsp3) is 0.111. The molecule has 4 nitrogen and oxygen atoms in total. The van der Waals surface area contributed by atoms with Crippen LogP contribution in [0, 0.1) is 0 Å². The Morgan fingerprint density at radius 1 is 0.938 bits per heavy atom. The highest BCUT2D eigenvalue weighted by Gasteiger charge is 2.14. The van der Waals surface area contributed by atoms with E-state index in [1.165, 1.54) is 5.56 Å². The van der Waals surface area contributed by atoms with Gasteiger partial charge in [-0.1, -0.05) is 66.2 Å². The maximum Gasteiger partial charge on any atom is 0.255 e. The summed E-state index contributed by atoms with van der Waals surface area (Å²) in [5.74, 6) is 0.831. The van der Waals surface area contributed by atoms with Gasteiger partial charge in [0.15, 0.2) is 5.58 Å². The molecule has 1 heterocycles. The molecule has 1 aromatic heterocycles. The minimum atomic E-state index is -0.151. The second kappa shape index (κ2) is 8.24. The number of carbonyl (C=O) groups excluding carboxylic acids is 1. The number of amides is 1. The maximum absolute atomic E-state index is 12.7. The molecule has 1 amide bonds. The van der Waals surface area contributed by atoms with Gasteiger partial charge in [-0.05, 0) is 64.7 Å². The molecule has 0 atom stereocenters. The topological polar surface area (TPSA) is 55.1 Å². The van der Waals surface area contributed by atoms with E-state index in [2.05, 4.69) is 47.2 Å². The van der Waals surface area contributed by atoms with Crippen LogP contribution in [-0.2, 0) is 0 Å². The van der Waals surface area contributed by atoms with Gasteiger partial charge in [-0.15, -0.1) is 0 Å². The predicted octanol–water partition coefficient (Wildman–Crippen LogP) is 7.79. The molecule has 0 aliphatic heterocycles. The van der Waals surface area contributed by atoms with Crippen molar-refractivity contribution >= 4 is 49.4 Å². The summed E-state index contributed by atoms with van der Waals surface area (Å²) in [5, 5.41) is 5.12. The number of carbonyl (C=O) groups is 1. The molecule has 0 radical (unpaired) electrons. The van der Waals surface area contributed by atoms with Crippen LogP contribution >= 0.6 is 15.9 Å². The lowest BCUT2D eigenvalue weighted by Gasteiger charge is -2.08. The molecular weight excluding hydrogens is 464 g/mol. The molecule has 158 valence electrons. The molecule has 32 heavy (non-hydrogen) atoms. The first-order chi connectivity index (χ1) is 15.5. The van der Waals surface area contributed by atoms with Gasteiger partial charge in [-0.25, -0.2) is 4.98 Å². The summed E-state index contributed by atoms with van der Waals surface area (Å²) in [6, 6.07) is 25.3. The molecule has 0 saturated carbocycles. The highest BCUT2D eigenvalue weighted by Crippen LogP contribution is 2.34. The van der Waals surface area contributed by atoms with Crippen LogP contribution in [0.3, 0.4) is 0 Å². The first-order valence-corrected chi connectivity index (χ1v) is 11.3. The third-order valence-electron chi connectivity index (χ3n) is 5.58. The number of nitrogens with zero attached hydrogens (tertiary/aromatic N) is 1. The number of anilines is 1. The van der Waals surface area contributed by atoms with E-state index in [4.69, 9.17) is 9.40 Å². The Morgan fingerprint density at radius 3 is 2.47 bits per heavy atom. The van der Waals surface area contributed by atoms with Crippen LogP contribution in [-0.4, -0.2) is 10.9 Å². The first-order valence-electron chi connectivity index (χ1n) is 10.5. The lowest BCUT2D eigenvalue weighted by Crippen LogP contribution is -2.11. The predicted molar refractivity (Wildman–Crippen MR) is 133 cm³/mol. The van der Waals surface area contributed by atoms with Crippen molar-refractivity contribution in [2.75, 3.05) is 5.32 Å². The van der Waals surface area contributed by atoms with Crippen LogP contribution in [0.15, 0.2) is 87.8 Å². The summed E-state index contributed by atoms with van der Waals surface area (Å²) in [4.78, 5) is 17.4. The minimum Gasteiger partial charge on any atom is -0.436 e. The highest BCUT2D eigenvalue weighted by molar-refractivity contribution is 9.10. The van der Waals surface area contributed by atoms with Gasteiger partial charge >= 0.3 is 0 Å². The lowest BCUT2D eigenvalue weighted by atomic mass is 10.0. The van der Waals surface area contributed by atoms with E-state index in [9.17, 15) is 4.79 Å². The van der Waals surface area contributed by atoms with Gasteiger partial charge in [0.25, 0.3) is 5.91 Å². The zero-order valence-electron chi connectivity index (χ0n) is 17.7. The number of hydrogen-bond acceptors (Lipinski definition) is 3. The van der Waals surface area contributed by atoms with E-state index < -0.39 is 0 Å². The van der Waals surface area contributed by atoms with E-state index in [0.717, 1.165) is 20.8 Å². The van der Waals surface area contributed by atoms with Gasteiger partial charge in [-0.2, -0.15) is 0 Å². The van der Waals surface area contributed by atoms with Crippen molar-refractivity contribution in [3.8, 4) is 11.5 Å². The van der Waals surface area contributed by atoms with E-state index in [-0.39, 0.29) is 5.91 Å². The zero-order chi connectivity index (χ0) is 22.2. The van der Waals surface area contributed by atoms with Gasteiger partial charge < -0.3 is 9.73 Å². The molecule has 0 aliphatic carbocycles. The van der Waals surface area contributed by atoms with Crippen molar-refractivity contribution in [3.05, 3.63) is 94.5 Å². The number of halogens is 1. The van der Waals surface area contributed by atoms with Crippen molar-refractivity contribution < 1.29 is 9.21 Å². The summed E-state index contributed by atoms with van der Waals surface area (Å²) >= 11 is 3.61. The van der Waals surface area contributed by atoms with Crippen molar-refractivity contribution in [3.63, 3.8) is 0 Å². The van der Waals surface area contributed by atoms with Crippen LogP contribution in [0.5, 0.6) is 0 Å². The Labute approximate surface area is 194 Å². The number of hydrogen-bond donors (Lipinski definition) is 1. The Kier molecular flexibility index (Phi) is 5.27. The largest absolute Gasteiger partial charge is 0.436 e. The van der Waals surface area contributed by atoms with E-state index in [1.54, 1.807) is 0 Å². The number of oxazole rings is 1. The van der Waals surface area contributed by atoms with Crippen LogP contribution < -0.4 is 5.32 Å². The molecule has 1 N–H and O–H groups in total. The molecule has 5 aromatic rings. The Balaban J connectivity index is 1.45. The lowest BCUT2D eigenvalue weighted by molar-refractivity contribution is 0.102. The molecule has 0 unspecified atom stereocenters. The zero-order valence-corrected chi connectivity index (χ0v) is 19.3. The normalized spacial score (nSPS) is 11.4. The molecule has 0 saturated heterocycles. The van der Waals surface area contributed by atoms with Crippen LogP contribution in [0.25, 0.3) is 33.3 Å². The van der Waals surface area contributed by atoms with E-state index in [1.807, 2.05) is 66.7 Å². The molecule has 0 fully saturated rings. The van der Waals surface area contributed by atoms with Crippen molar-refractivity contribution in [1.82, 2.24) is 4.98 Å². The van der Waals surface area contributed by atoms with E-state index in [0.29, 0.717) is 34.2 Å². The molecule has 4 aromatic carbocycles. The number of aromatic nitrogens is 1. The quantitative estimate of drug-likeness (QED) is 0.283. The molecule has 0 aliphatic rings. The van der Waals surface area contributed by atoms with Crippen LogP contribution in [0.2, 0.25) is 0 Å². The minimum absolute atomic E-state index is 0.151. The second-order valence-electron chi connectivity index (χ2n) is 8.07. The molecular formula is C27H21BrN2O2. The standard InChI is InChI=1S/C27H21BrN2O2/c1-16(2)17-9-11-18(12-10-17)26(31)29-19-13-14-25-24(15-19)30-27(32-25)22-7-3-6-21-20(22)5-4-8-23(21)28/h3-16H,1-2H3,(H,29,31). The number of rotatable bonds is 4. The molecule has 5 rings (SSSR count). The number of fused-ring (bicyclic) bond motifs is 2. The smallest absolute Gasteiger partial charge is 0.255 e. The van der Waals surface area contributed by atoms with Crippen molar-refractivity contribution in [2.24, 2.45) is 0 Å². The third-order valence-corrected chi connectivity index (χ3v) is 6.28. The van der Waals surface area contributed by atoms with E-state index >= 15 is 0 Å². The fourth-order valence-electron chi connectivity index (χ4n) is 3.80. The van der Waals surface area contributed by atoms with Crippen molar-refractivity contribution in [1.29, 1.82) is 0 Å². The van der Waals surface area contributed by atoms with Crippen molar-refractivity contribution in [2.45, 2.75) is 19.8 Å². The first kappa shape index (κ1) is 20.5. The molecule has 0 spiro atoms. The summed E-state index contributed by atoms with van der Waals surface area (Å²) < 4.78 is 7.07.